The molecule has 0 unspecified atom stereocenters. The standard InChI is InChI=1S/C10H16N3O/c1-3-12-13(14)10-6-4-9(5-7-10)8-11-2/h4-7,11-12H,3,8H2,1-2H3/q-1. The minimum Gasteiger partial charge on any atom is -0.743 e. The monoisotopic (exact) mass is 194 g/mol. The summed E-state index contributed by atoms with van der Waals surface area (Å²) in [6.45, 7) is 3.34. The van der Waals surface area contributed by atoms with E-state index in [1.54, 1.807) is 0 Å². The van der Waals surface area contributed by atoms with Crippen molar-refractivity contribution in [3.8, 4) is 0 Å². The highest BCUT2D eigenvalue weighted by Crippen LogP contribution is 2.12. The lowest BCUT2D eigenvalue weighted by molar-refractivity contribution is 0.737. The van der Waals surface area contributed by atoms with Gasteiger partial charge >= 0.3 is 0 Å². The first kappa shape index (κ1) is 11.0. The number of hydrazine groups is 1. The van der Waals surface area contributed by atoms with Gasteiger partial charge in [-0.3, -0.25) is 0 Å². The van der Waals surface area contributed by atoms with Gasteiger partial charge in [0, 0.05) is 18.8 Å². The van der Waals surface area contributed by atoms with Crippen LogP contribution < -0.4 is 15.9 Å². The van der Waals surface area contributed by atoms with Crippen molar-refractivity contribution in [3.05, 3.63) is 35.0 Å². The van der Waals surface area contributed by atoms with Crippen LogP contribution in [0.2, 0.25) is 0 Å². The van der Waals surface area contributed by atoms with Crippen LogP contribution in [0, 0.1) is 5.21 Å². The molecule has 0 atom stereocenters. The maximum Gasteiger partial charge on any atom is 0.0404 e. The van der Waals surface area contributed by atoms with Crippen LogP contribution in [-0.2, 0) is 6.54 Å². The Labute approximate surface area is 84.5 Å². The Morgan fingerprint density at radius 2 is 1.93 bits per heavy atom. The van der Waals surface area contributed by atoms with E-state index in [1.807, 2.05) is 38.2 Å². The summed E-state index contributed by atoms with van der Waals surface area (Å²) in [5, 5.41) is 15.1. The highest BCUT2D eigenvalue weighted by molar-refractivity contribution is 5.47. The van der Waals surface area contributed by atoms with Gasteiger partial charge in [-0.1, -0.05) is 19.1 Å². The minimum atomic E-state index is 0.627. The van der Waals surface area contributed by atoms with Gasteiger partial charge in [0.05, 0.1) is 0 Å². The van der Waals surface area contributed by atoms with Gasteiger partial charge in [-0.05, 0) is 24.7 Å². The smallest absolute Gasteiger partial charge is 0.0404 e. The summed E-state index contributed by atoms with van der Waals surface area (Å²) in [5.74, 6) is 0. The third kappa shape index (κ3) is 2.99. The molecule has 4 heteroatoms. The normalized spacial score (nSPS) is 10.2. The van der Waals surface area contributed by atoms with Crippen molar-refractivity contribution in [1.82, 2.24) is 10.7 Å². The highest BCUT2D eigenvalue weighted by atomic mass is 16.5. The van der Waals surface area contributed by atoms with Gasteiger partial charge < -0.3 is 15.7 Å². The molecular weight excluding hydrogens is 178 g/mol. The van der Waals surface area contributed by atoms with E-state index in [1.165, 1.54) is 5.56 Å². The Balaban J connectivity index is 2.62. The van der Waals surface area contributed by atoms with E-state index >= 15 is 0 Å². The molecule has 1 rings (SSSR count). The zero-order valence-corrected chi connectivity index (χ0v) is 8.58. The Morgan fingerprint density at radius 3 is 2.43 bits per heavy atom. The van der Waals surface area contributed by atoms with E-state index in [0.29, 0.717) is 12.2 Å². The van der Waals surface area contributed by atoms with Gasteiger partial charge in [-0.25, -0.2) is 5.43 Å². The summed E-state index contributed by atoms with van der Waals surface area (Å²) >= 11 is 0. The second-order valence-electron chi connectivity index (χ2n) is 3.00. The van der Waals surface area contributed by atoms with Crippen LogP contribution in [0.25, 0.3) is 0 Å². The maximum absolute atomic E-state index is 11.3. The molecule has 1 aromatic carbocycles. The Morgan fingerprint density at radius 1 is 1.29 bits per heavy atom. The third-order valence-corrected chi connectivity index (χ3v) is 1.85. The lowest BCUT2D eigenvalue weighted by atomic mass is 10.2. The van der Waals surface area contributed by atoms with Crippen LogP contribution in [-0.4, -0.2) is 13.6 Å². The van der Waals surface area contributed by atoms with E-state index in [0.717, 1.165) is 11.7 Å². The quantitative estimate of drug-likeness (QED) is 0.692. The van der Waals surface area contributed by atoms with Crippen molar-refractivity contribution in [1.29, 1.82) is 0 Å². The number of rotatable bonds is 5. The average Bonchev–Trinajstić information content (AvgIpc) is 2.20. The average molecular weight is 194 g/mol. The molecule has 0 aliphatic heterocycles. The van der Waals surface area contributed by atoms with E-state index in [9.17, 15) is 5.21 Å². The van der Waals surface area contributed by atoms with Crippen molar-refractivity contribution >= 4 is 5.69 Å². The number of nitrogens with one attached hydrogen (secondary N) is 2. The lowest BCUT2D eigenvalue weighted by Gasteiger charge is -2.30. The summed E-state index contributed by atoms with van der Waals surface area (Å²) in [6.07, 6.45) is 0. The van der Waals surface area contributed by atoms with Gasteiger partial charge in [0.2, 0.25) is 0 Å². The van der Waals surface area contributed by atoms with Crippen LogP contribution in [0.5, 0.6) is 0 Å². The molecule has 0 spiro atoms. The lowest BCUT2D eigenvalue weighted by Crippen LogP contribution is -2.32. The van der Waals surface area contributed by atoms with Crippen molar-refractivity contribution in [2.75, 3.05) is 18.8 Å². The second kappa shape index (κ2) is 5.59. The molecular formula is C10H16N3O-. The van der Waals surface area contributed by atoms with Crippen LogP contribution in [0.1, 0.15) is 12.5 Å². The fourth-order valence-corrected chi connectivity index (χ4v) is 1.19. The summed E-state index contributed by atoms with van der Waals surface area (Å²) in [5.41, 5.74) is 4.47. The van der Waals surface area contributed by atoms with Gasteiger partial charge in [0.25, 0.3) is 0 Å². The van der Waals surface area contributed by atoms with E-state index in [-0.39, 0.29) is 0 Å². The van der Waals surface area contributed by atoms with Crippen LogP contribution in [0.15, 0.2) is 24.3 Å². The van der Waals surface area contributed by atoms with Crippen molar-refractivity contribution < 1.29 is 0 Å². The van der Waals surface area contributed by atoms with Gasteiger partial charge in [0.15, 0.2) is 0 Å². The molecule has 0 heterocycles. The molecule has 0 saturated carbocycles. The number of nitrogens with zero attached hydrogens (tertiary/aromatic N) is 1. The molecule has 1 aromatic rings. The minimum absolute atomic E-state index is 0.627. The Hall–Kier alpha value is -1.10. The second-order valence-corrected chi connectivity index (χ2v) is 3.00. The zero-order valence-electron chi connectivity index (χ0n) is 8.58. The Kier molecular flexibility index (Phi) is 4.39. The van der Waals surface area contributed by atoms with Crippen LogP contribution >= 0.6 is 0 Å². The molecule has 0 aliphatic carbocycles. The number of hydrogen-bond donors (Lipinski definition) is 2. The summed E-state index contributed by atoms with van der Waals surface area (Å²) in [7, 11) is 1.90. The first-order valence-electron chi connectivity index (χ1n) is 4.72. The topological polar surface area (TPSA) is 50.4 Å². The fraction of sp³-hybridized carbons (Fsp3) is 0.400. The van der Waals surface area contributed by atoms with E-state index in [4.69, 9.17) is 0 Å². The molecule has 0 aliphatic rings. The van der Waals surface area contributed by atoms with Crippen molar-refractivity contribution in [2.24, 2.45) is 0 Å². The zero-order chi connectivity index (χ0) is 10.4. The number of benzene rings is 1. The van der Waals surface area contributed by atoms with Gasteiger partial charge in [0.1, 0.15) is 0 Å². The van der Waals surface area contributed by atoms with Crippen LogP contribution in [0.4, 0.5) is 5.69 Å². The molecule has 0 bridgehead atoms. The SMILES string of the molecule is CCNN([O-])c1ccc(CNC)cc1. The molecule has 2 N–H and O–H groups in total. The number of hydrogen-bond acceptors (Lipinski definition) is 4. The summed E-state index contributed by atoms with van der Waals surface area (Å²) in [4.78, 5) is 0. The van der Waals surface area contributed by atoms with E-state index < -0.39 is 0 Å². The third-order valence-electron chi connectivity index (χ3n) is 1.85. The molecule has 14 heavy (non-hydrogen) atoms. The molecule has 4 nitrogen and oxygen atoms in total. The Bertz CT molecular complexity index is 261. The summed E-state index contributed by atoms with van der Waals surface area (Å²) < 4.78 is 0. The summed E-state index contributed by atoms with van der Waals surface area (Å²) in [6, 6.07) is 7.49. The predicted molar refractivity (Wildman–Crippen MR) is 58.7 cm³/mol. The van der Waals surface area contributed by atoms with Crippen molar-refractivity contribution in [3.63, 3.8) is 0 Å². The fourth-order valence-electron chi connectivity index (χ4n) is 1.19. The van der Waals surface area contributed by atoms with Crippen molar-refractivity contribution in [2.45, 2.75) is 13.5 Å². The van der Waals surface area contributed by atoms with Gasteiger partial charge in [-0.2, -0.15) is 0 Å². The predicted octanol–water partition coefficient (Wildman–Crippen LogP) is 1.23. The molecule has 0 fully saturated rings. The van der Waals surface area contributed by atoms with E-state index in [2.05, 4.69) is 10.7 Å². The molecule has 0 saturated heterocycles. The first-order chi connectivity index (χ1) is 6.77. The molecule has 0 aromatic heterocycles. The molecule has 78 valence electrons. The number of anilines is 1. The molecule has 0 amide bonds. The highest BCUT2D eigenvalue weighted by Gasteiger charge is 1.94. The maximum atomic E-state index is 11.3. The van der Waals surface area contributed by atoms with Crippen LogP contribution in [0.3, 0.4) is 0 Å². The van der Waals surface area contributed by atoms with Gasteiger partial charge in [-0.15, -0.1) is 0 Å². The molecule has 0 radical (unpaired) electrons. The first-order valence-corrected chi connectivity index (χ1v) is 4.72. The largest absolute Gasteiger partial charge is 0.743 e.